The van der Waals surface area contributed by atoms with Gasteiger partial charge in [0.25, 0.3) is 11.8 Å². The first-order valence-electron chi connectivity index (χ1n) is 7.91. The molecule has 0 saturated heterocycles. The van der Waals surface area contributed by atoms with Gasteiger partial charge in [-0.05, 0) is 37.4 Å². The normalized spacial score (nSPS) is 12.6. The highest BCUT2D eigenvalue weighted by atomic mass is 32.1. The molecule has 138 valence electrons. The van der Waals surface area contributed by atoms with Gasteiger partial charge in [0.05, 0.1) is 17.7 Å². The van der Waals surface area contributed by atoms with Gasteiger partial charge in [-0.2, -0.15) is 0 Å². The Hall–Kier alpha value is -2.87. The average molecular weight is 376 g/mol. The second-order valence-electron chi connectivity index (χ2n) is 5.44. The number of hydrogen-bond acceptors (Lipinski definition) is 6. The Morgan fingerprint density at radius 3 is 2.46 bits per heavy atom. The molecule has 2 rings (SSSR count). The van der Waals surface area contributed by atoms with Crippen LogP contribution in [-0.2, 0) is 14.3 Å². The number of esters is 1. The van der Waals surface area contributed by atoms with Crippen LogP contribution in [0.5, 0.6) is 5.75 Å². The van der Waals surface area contributed by atoms with Crippen LogP contribution in [0, 0.1) is 0 Å². The molecule has 7 nitrogen and oxygen atoms in total. The number of anilines is 1. The van der Waals surface area contributed by atoms with Crippen LogP contribution in [0.2, 0.25) is 0 Å². The Bertz CT molecular complexity index is 776. The maximum absolute atomic E-state index is 12.2. The molecule has 2 unspecified atom stereocenters. The van der Waals surface area contributed by atoms with Gasteiger partial charge < -0.3 is 20.1 Å². The number of thiophene rings is 1. The van der Waals surface area contributed by atoms with Crippen molar-refractivity contribution in [1.82, 2.24) is 5.32 Å². The number of carbonyl (C=O) groups is 3. The summed E-state index contributed by atoms with van der Waals surface area (Å²) >= 11 is 1.27. The highest BCUT2D eigenvalue weighted by molar-refractivity contribution is 7.12. The van der Waals surface area contributed by atoms with Crippen LogP contribution in [0.25, 0.3) is 0 Å². The summed E-state index contributed by atoms with van der Waals surface area (Å²) in [6.07, 6.45) is -1.03. The molecule has 0 saturated carbocycles. The summed E-state index contributed by atoms with van der Waals surface area (Å²) in [7, 11) is 1.49. The lowest BCUT2D eigenvalue weighted by molar-refractivity contribution is -0.154. The summed E-state index contributed by atoms with van der Waals surface area (Å²) in [5.74, 6) is -1.07. The lowest BCUT2D eigenvalue weighted by Gasteiger charge is -2.18. The molecule has 2 amide bonds. The van der Waals surface area contributed by atoms with E-state index in [1.807, 2.05) is 0 Å². The van der Waals surface area contributed by atoms with Gasteiger partial charge in [-0.15, -0.1) is 11.3 Å². The molecule has 0 radical (unpaired) electrons. The van der Waals surface area contributed by atoms with Gasteiger partial charge in [-0.25, -0.2) is 4.79 Å². The van der Waals surface area contributed by atoms with Crippen LogP contribution in [-0.4, -0.2) is 37.0 Å². The van der Waals surface area contributed by atoms with Crippen molar-refractivity contribution < 1.29 is 23.9 Å². The first-order valence-corrected chi connectivity index (χ1v) is 8.79. The maximum Gasteiger partial charge on any atom is 0.329 e. The first-order chi connectivity index (χ1) is 12.4. The van der Waals surface area contributed by atoms with Crippen LogP contribution in [0.15, 0.2) is 41.8 Å². The first kappa shape index (κ1) is 19.5. The maximum atomic E-state index is 12.2. The lowest BCUT2D eigenvalue weighted by atomic mass is 10.2. The predicted molar refractivity (Wildman–Crippen MR) is 98.4 cm³/mol. The van der Waals surface area contributed by atoms with Crippen molar-refractivity contribution in [1.29, 1.82) is 0 Å². The zero-order chi connectivity index (χ0) is 19.1. The van der Waals surface area contributed by atoms with Crippen molar-refractivity contribution in [3.05, 3.63) is 46.7 Å². The monoisotopic (exact) mass is 376 g/mol. The standard InChI is InChI=1S/C18H20N2O5S/c1-11(19-17(22)15-9-6-10-26-15)18(23)25-12(2)16(21)20-13-7-4-5-8-14(13)24-3/h4-12H,1-3H3,(H,19,22)(H,20,21). The third kappa shape index (κ3) is 5.06. The van der Waals surface area contributed by atoms with Gasteiger partial charge >= 0.3 is 5.97 Å². The zero-order valence-corrected chi connectivity index (χ0v) is 15.5. The molecular formula is C18H20N2O5S. The highest BCUT2D eigenvalue weighted by Gasteiger charge is 2.24. The quantitative estimate of drug-likeness (QED) is 0.724. The van der Waals surface area contributed by atoms with Crippen molar-refractivity contribution in [2.24, 2.45) is 0 Å². The zero-order valence-electron chi connectivity index (χ0n) is 14.6. The second kappa shape index (κ2) is 9.00. The third-order valence-electron chi connectivity index (χ3n) is 3.47. The molecule has 2 aromatic rings. The minimum atomic E-state index is -1.03. The van der Waals surface area contributed by atoms with Crippen LogP contribution in [0.3, 0.4) is 0 Å². The number of para-hydroxylation sites is 2. The highest BCUT2D eigenvalue weighted by Crippen LogP contribution is 2.23. The average Bonchev–Trinajstić information content (AvgIpc) is 3.16. The fourth-order valence-corrected chi connectivity index (χ4v) is 2.67. The molecule has 26 heavy (non-hydrogen) atoms. The molecule has 2 N–H and O–H groups in total. The number of rotatable bonds is 7. The number of benzene rings is 1. The molecule has 0 aliphatic rings. The minimum Gasteiger partial charge on any atom is -0.495 e. The van der Waals surface area contributed by atoms with Crippen molar-refractivity contribution >= 4 is 34.8 Å². The number of methoxy groups -OCH3 is 1. The summed E-state index contributed by atoms with van der Waals surface area (Å²) < 4.78 is 10.3. The Morgan fingerprint density at radius 1 is 1.08 bits per heavy atom. The Morgan fingerprint density at radius 2 is 1.81 bits per heavy atom. The van der Waals surface area contributed by atoms with Crippen LogP contribution in [0.1, 0.15) is 23.5 Å². The molecule has 2 atom stereocenters. The van der Waals surface area contributed by atoms with Crippen molar-refractivity contribution in [3.63, 3.8) is 0 Å². The van der Waals surface area contributed by atoms with E-state index >= 15 is 0 Å². The Labute approximate surface area is 155 Å². The van der Waals surface area contributed by atoms with Crippen molar-refractivity contribution in [3.8, 4) is 5.75 Å². The van der Waals surface area contributed by atoms with Gasteiger partial charge in [-0.3, -0.25) is 9.59 Å². The van der Waals surface area contributed by atoms with E-state index in [9.17, 15) is 14.4 Å². The minimum absolute atomic E-state index is 0.365. The molecule has 1 heterocycles. The summed E-state index contributed by atoms with van der Waals surface area (Å²) in [5, 5.41) is 6.95. The number of amides is 2. The van der Waals surface area contributed by atoms with E-state index in [0.29, 0.717) is 16.3 Å². The fraction of sp³-hybridized carbons (Fsp3) is 0.278. The molecule has 0 fully saturated rings. The smallest absolute Gasteiger partial charge is 0.329 e. The Balaban J connectivity index is 1.89. The van der Waals surface area contributed by atoms with Gasteiger partial charge in [0, 0.05) is 0 Å². The molecule has 0 bridgehead atoms. The summed E-state index contributed by atoms with van der Waals surface area (Å²) in [4.78, 5) is 36.8. The van der Waals surface area contributed by atoms with Crippen molar-refractivity contribution in [2.45, 2.75) is 26.0 Å². The summed E-state index contributed by atoms with van der Waals surface area (Å²) in [6, 6.07) is 9.41. The van der Waals surface area contributed by atoms with E-state index in [1.165, 1.54) is 32.3 Å². The van der Waals surface area contributed by atoms with Gasteiger partial charge in [0.1, 0.15) is 11.8 Å². The van der Waals surface area contributed by atoms with E-state index in [-0.39, 0.29) is 5.91 Å². The molecule has 0 aliphatic heterocycles. The largest absolute Gasteiger partial charge is 0.495 e. The second-order valence-corrected chi connectivity index (χ2v) is 6.39. The van der Waals surface area contributed by atoms with E-state index in [4.69, 9.17) is 9.47 Å². The van der Waals surface area contributed by atoms with Gasteiger partial charge in [0.2, 0.25) is 0 Å². The fourth-order valence-electron chi connectivity index (χ4n) is 2.05. The molecule has 8 heteroatoms. The van der Waals surface area contributed by atoms with E-state index < -0.39 is 24.0 Å². The van der Waals surface area contributed by atoms with E-state index in [2.05, 4.69) is 10.6 Å². The van der Waals surface area contributed by atoms with E-state index in [0.717, 1.165) is 0 Å². The Kier molecular flexibility index (Phi) is 6.74. The molecule has 0 spiro atoms. The molecule has 1 aromatic heterocycles. The number of ether oxygens (including phenoxy) is 2. The third-order valence-corrected chi connectivity index (χ3v) is 4.34. The van der Waals surface area contributed by atoms with Gasteiger partial charge in [0.15, 0.2) is 6.10 Å². The van der Waals surface area contributed by atoms with Crippen LogP contribution < -0.4 is 15.4 Å². The lowest BCUT2D eigenvalue weighted by Crippen LogP contribution is -2.42. The van der Waals surface area contributed by atoms with Crippen LogP contribution >= 0.6 is 11.3 Å². The van der Waals surface area contributed by atoms with Crippen molar-refractivity contribution in [2.75, 3.05) is 12.4 Å². The number of nitrogens with one attached hydrogen (secondary N) is 2. The van der Waals surface area contributed by atoms with Gasteiger partial charge in [-0.1, -0.05) is 18.2 Å². The topological polar surface area (TPSA) is 93.7 Å². The van der Waals surface area contributed by atoms with E-state index in [1.54, 1.807) is 41.8 Å². The summed E-state index contributed by atoms with van der Waals surface area (Å²) in [6.45, 7) is 2.95. The molecule has 1 aromatic carbocycles. The predicted octanol–water partition coefficient (Wildman–Crippen LogP) is 2.45. The molecular weight excluding hydrogens is 356 g/mol. The molecule has 0 aliphatic carbocycles. The summed E-state index contributed by atoms with van der Waals surface area (Å²) in [5.41, 5.74) is 0.474. The van der Waals surface area contributed by atoms with Crippen LogP contribution in [0.4, 0.5) is 5.69 Å². The number of carbonyl (C=O) groups excluding carboxylic acids is 3. The SMILES string of the molecule is COc1ccccc1NC(=O)C(C)OC(=O)C(C)NC(=O)c1cccs1. The number of hydrogen-bond donors (Lipinski definition) is 2.